The van der Waals surface area contributed by atoms with E-state index in [1.54, 1.807) is 12.3 Å². The van der Waals surface area contributed by atoms with Crippen LogP contribution in [0.3, 0.4) is 0 Å². The highest BCUT2D eigenvalue weighted by molar-refractivity contribution is 5.38. The van der Waals surface area contributed by atoms with Gasteiger partial charge in [-0.2, -0.15) is 5.26 Å². The van der Waals surface area contributed by atoms with Gasteiger partial charge in [0.2, 0.25) is 0 Å². The summed E-state index contributed by atoms with van der Waals surface area (Å²) in [5.41, 5.74) is 0.611. The van der Waals surface area contributed by atoms with Crippen molar-refractivity contribution < 1.29 is 0 Å². The average molecular weight is 215 g/mol. The smallest absolute Gasteiger partial charge is 0.125 e. The molecule has 1 saturated carbocycles. The topological polar surface area (TPSA) is 48.7 Å². The summed E-state index contributed by atoms with van der Waals surface area (Å²) >= 11 is 0. The Bertz CT molecular complexity index is 377. The summed E-state index contributed by atoms with van der Waals surface area (Å²) in [6.45, 7) is 3.33. The summed E-state index contributed by atoms with van der Waals surface area (Å²) < 4.78 is 0. The van der Waals surface area contributed by atoms with Gasteiger partial charge in [0.15, 0.2) is 0 Å². The molecule has 16 heavy (non-hydrogen) atoms. The summed E-state index contributed by atoms with van der Waals surface area (Å²) in [4.78, 5) is 4.20. The Morgan fingerprint density at radius 1 is 1.50 bits per heavy atom. The number of anilines is 1. The van der Waals surface area contributed by atoms with E-state index in [0.717, 1.165) is 24.2 Å². The summed E-state index contributed by atoms with van der Waals surface area (Å²) in [6.07, 6.45) is 5.65. The molecule has 0 aliphatic heterocycles. The first kappa shape index (κ1) is 10.9. The van der Waals surface area contributed by atoms with Gasteiger partial charge in [0, 0.05) is 12.7 Å². The molecule has 1 aromatic heterocycles. The SMILES string of the molecule is CC1CCCC1CNc1ccc(C#N)cn1. The molecule has 0 amide bonds. The molecular weight excluding hydrogens is 198 g/mol. The van der Waals surface area contributed by atoms with Gasteiger partial charge in [-0.25, -0.2) is 4.98 Å². The van der Waals surface area contributed by atoms with Gasteiger partial charge in [0.1, 0.15) is 11.9 Å². The first-order valence-electron chi connectivity index (χ1n) is 5.89. The van der Waals surface area contributed by atoms with Gasteiger partial charge in [0.25, 0.3) is 0 Å². The minimum atomic E-state index is 0.611. The monoisotopic (exact) mass is 215 g/mol. The molecule has 0 bridgehead atoms. The predicted molar refractivity (Wildman–Crippen MR) is 63.9 cm³/mol. The highest BCUT2D eigenvalue weighted by atomic mass is 15.0. The molecule has 0 aromatic carbocycles. The van der Waals surface area contributed by atoms with Crippen molar-refractivity contribution in [2.24, 2.45) is 11.8 Å². The molecule has 84 valence electrons. The number of nitrogens with zero attached hydrogens (tertiary/aromatic N) is 2. The lowest BCUT2D eigenvalue weighted by Gasteiger charge is -2.16. The molecule has 1 fully saturated rings. The maximum absolute atomic E-state index is 8.66. The van der Waals surface area contributed by atoms with Crippen LogP contribution in [0.25, 0.3) is 0 Å². The van der Waals surface area contributed by atoms with Crippen LogP contribution in [-0.4, -0.2) is 11.5 Å². The lowest BCUT2D eigenvalue weighted by Crippen LogP contribution is -2.16. The van der Waals surface area contributed by atoms with Gasteiger partial charge in [-0.15, -0.1) is 0 Å². The Hall–Kier alpha value is -1.56. The van der Waals surface area contributed by atoms with E-state index < -0.39 is 0 Å². The van der Waals surface area contributed by atoms with Crippen molar-refractivity contribution in [1.82, 2.24) is 4.98 Å². The summed E-state index contributed by atoms with van der Waals surface area (Å²) in [5, 5.41) is 12.0. The standard InChI is InChI=1S/C13H17N3/c1-10-3-2-4-12(10)9-16-13-6-5-11(7-14)8-15-13/h5-6,8,10,12H,2-4,9H2,1H3,(H,15,16). The van der Waals surface area contributed by atoms with Crippen LogP contribution in [0.15, 0.2) is 18.3 Å². The van der Waals surface area contributed by atoms with Crippen LogP contribution in [0.2, 0.25) is 0 Å². The molecule has 3 nitrogen and oxygen atoms in total. The number of nitrogens with one attached hydrogen (secondary N) is 1. The number of nitriles is 1. The van der Waals surface area contributed by atoms with Crippen LogP contribution in [0.4, 0.5) is 5.82 Å². The molecule has 1 N–H and O–H groups in total. The van der Waals surface area contributed by atoms with Crippen LogP contribution in [0.5, 0.6) is 0 Å². The van der Waals surface area contributed by atoms with Crippen molar-refractivity contribution in [2.45, 2.75) is 26.2 Å². The summed E-state index contributed by atoms with van der Waals surface area (Å²) in [5.74, 6) is 2.47. The van der Waals surface area contributed by atoms with Crippen molar-refractivity contribution >= 4 is 5.82 Å². The van der Waals surface area contributed by atoms with Crippen molar-refractivity contribution in [2.75, 3.05) is 11.9 Å². The number of hydrogen-bond acceptors (Lipinski definition) is 3. The summed E-state index contributed by atoms with van der Waals surface area (Å²) in [6, 6.07) is 5.74. The van der Waals surface area contributed by atoms with E-state index in [4.69, 9.17) is 5.26 Å². The molecule has 0 spiro atoms. The third-order valence-electron chi connectivity index (χ3n) is 3.48. The van der Waals surface area contributed by atoms with Crippen LogP contribution in [0, 0.1) is 23.2 Å². The molecule has 1 aliphatic rings. The van der Waals surface area contributed by atoms with Gasteiger partial charge in [0.05, 0.1) is 5.56 Å². The number of pyridine rings is 1. The third kappa shape index (κ3) is 2.52. The van der Waals surface area contributed by atoms with Gasteiger partial charge in [-0.3, -0.25) is 0 Å². The minimum absolute atomic E-state index is 0.611. The molecule has 2 rings (SSSR count). The fourth-order valence-electron chi connectivity index (χ4n) is 2.33. The molecular formula is C13H17N3. The van der Waals surface area contributed by atoms with E-state index in [9.17, 15) is 0 Å². The molecule has 0 radical (unpaired) electrons. The highest BCUT2D eigenvalue weighted by Crippen LogP contribution is 2.30. The van der Waals surface area contributed by atoms with Gasteiger partial charge < -0.3 is 5.32 Å². The quantitative estimate of drug-likeness (QED) is 0.843. The zero-order valence-corrected chi connectivity index (χ0v) is 9.61. The number of rotatable bonds is 3. The normalized spacial score (nSPS) is 24.0. The molecule has 1 aliphatic carbocycles. The first-order chi connectivity index (χ1) is 7.79. The second-order valence-corrected chi connectivity index (χ2v) is 4.59. The number of aromatic nitrogens is 1. The lowest BCUT2D eigenvalue weighted by molar-refractivity contribution is 0.439. The largest absolute Gasteiger partial charge is 0.370 e. The fourth-order valence-corrected chi connectivity index (χ4v) is 2.33. The van der Waals surface area contributed by atoms with E-state index in [0.29, 0.717) is 5.56 Å². The van der Waals surface area contributed by atoms with Crippen LogP contribution in [0.1, 0.15) is 31.7 Å². The Kier molecular flexibility index (Phi) is 3.40. The molecule has 2 unspecified atom stereocenters. The van der Waals surface area contributed by atoms with E-state index >= 15 is 0 Å². The first-order valence-corrected chi connectivity index (χ1v) is 5.89. The Morgan fingerprint density at radius 2 is 2.38 bits per heavy atom. The van der Waals surface area contributed by atoms with Crippen molar-refractivity contribution in [1.29, 1.82) is 5.26 Å². The molecule has 3 heteroatoms. The predicted octanol–water partition coefficient (Wildman–Crippen LogP) is 2.80. The second-order valence-electron chi connectivity index (χ2n) is 4.59. The van der Waals surface area contributed by atoms with E-state index in [-0.39, 0.29) is 0 Å². The third-order valence-corrected chi connectivity index (χ3v) is 3.48. The molecule has 2 atom stereocenters. The highest BCUT2D eigenvalue weighted by Gasteiger charge is 2.22. The Balaban J connectivity index is 1.87. The van der Waals surface area contributed by atoms with E-state index in [2.05, 4.69) is 23.3 Å². The zero-order valence-electron chi connectivity index (χ0n) is 9.61. The lowest BCUT2D eigenvalue weighted by atomic mass is 9.98. The van der Waals surface area contributed by atoms with Crippen LogP contribution >= 0.6 is 0 Å². The average Bonchev–Trinajstić information content (AvgIpc) is 2.73. The zero-order chi connectivity index (χ0) is 11.4. The molecule has 1 heterocycles. The Labute approximate surface area is 96.5 Å². The molecule has 0 saturated heterocycles. The minimum Gasteiger partial charge on any atom is -0.370 e. The van der Waals surface area contributed by atoms with Crippen molar-refractivity contribution in [3.8, 4) is 6.07 Å². The summed E-state index contributed by atoms with van der Waals surface area (Å²) in [7, 11) is 0. The van der Waals surface area contributed by atoms with Gasteiger partial charge in [-0.05, 0) is 30.4 Å². The van der Waals surface area contributed by atoms with Crippen LogP contribution in [-0.2, 0) is 0 Å². The van der Waals surface area contributed by atoms with Crippen molar-refractivity contribution in [3.05, 3.63) is 23.9 Å². The van der Waals surface area contributed by atoms with E-state index in [1.165, 1.54) is 19.3 Å². The van der Waals surface area contributed by atoms with Gasteiger partial charge >= 0.3 is 0 Å². The van der Waals surface area contributed by atoms with Gasteiger partial charge in [-0.1, -0.05) is 19.8 Å². The molecule has 1 aromatic rings. The van der Waals surface area contributed by atoms with Crippen LogP contribution < -0.4 is 5.32 Å². The van der Waals surface area contributed by atoms with E-state index in [1.807, 2.05) is 6.07 Å². The fraction of sp³-hybridized carbons (Fsp3) is 0.538. The van der Waals surface area contributed by atoms with Crippen molar-refractivity contribution in [3.63, 3.8) is 0 Å². The Morgan fingerprint density at radius 3 is 2.94 bits per heavy atom. The maximum Gasteiger partial charge on any atom is 0.125 e. The number of hydrogen-bond donors (Lipinski definition) is 1. The maximum atomic E-state index is 8.66. The second kappa shape index (κ2) is 4.98.